The van der Waals surface area contributed by atoms with Gasteiger partial charge in [0.15, 0.2) is 0 Å². The highest BCUT2D eigenvalue weighted by Crippen LogP contribution is 2.28. The Kier molecular flexibility index (Phi) is 2.20. The van der Waals surface area contributed by atoms with Gasteiger partial charge in [0.2, 0.25) is 0 Å². The maximum absolute atomic E-state index is 2.56. The second-order valence-corrected chi connectivity index (χ2v) is 5.71. The minimum atomic E-state index is 0.319. The molecule has 0 aromatic carbocycles. The highest BCUT2D eigenvalue weighted by Gasteiger charge is 2.25. The summed E-state index contributed by atoms with van der Waals surface area (Å²) in [5.74, 6) is 0. The predicted octanol–water partition coefficient (Wildman–Crippen LogP) is 2.90. The molecule has 72 valence electrons. The van der Waals surface area contributed by atoms with Crippen LogP contribution in [0.5, 0.6) is 0 Å². The average Bonchev–Trinajstić information content (AvgIpc) is 2.47. The van der Waals surface area contributed by atoms with Crippen LogP contribution in [0.4, 0.5) is 0 Å². The summed E-state index contributed by atoms with van der Waals surface area (Å²) in [7, 11) is 0. The molecule has 13 heavy (non-hydrogen) atoms. The number of rotatable bonds is 0. The van der Waals surface area contributed by atoms with Crippen molar-refractivity contribution in [3.05, 3.63) is 21.9 Å². The van der Waals surface area contributed by atoms with Gasteiger partial charge in [-0.2, -0.15) is 0 Å². The van der Waals surface area contributed by atoms with Crippen molar-refractivity contribution in [2.24, 2.45) is 0 Å². The first-order chi connectivity index (χ1) is 6.07. The van der Waals surface area contributed by atoms with Gasteiger partial charge in [0.05, 0.1) is 0 Å². The Bertz CT molecular complexity index is 295. The van der Waals surface area contributed by atoms with Gasteiger partial charge in [-0.1, -0.05) is 0 Å². The maximum Gasteiger partial charge on any atom is 0.0250 e. The third kappa shape index (κ3) is 1.79. The number of hydrogen-bond donors (Lipinski definition) is 0. The molecule has 0 N–H and O–H groups in total. The molecule has 0 aliphatic carbocycles. The van der Waals surface area contributed by atoms with Gasteiger partial charge in [-0.3, -0.25) is 4.90 Å². The van der Waals surface area contributed by atoms with Crippen molar-refractivity contribution in [3.63, 3.8) is 0 Å². The smallest absolute Gasteiger partial charge is 0.0250 e. The van der Waals surface area contributed by atoms with Gasteiger partial charge in [-0.05, 0) is 44.2 Å². The Balaban J connectivity index is 2.18. The van der Waals surface area contributed by atoms with E-state index in [1.54, 1.807) is 10.4 Å². The van der Waals surface area contributed by atoms with Gasteiger partial charge in [-0.15, -0.1) is 11.3 Å². The summed E-state index contributed by atoms with van der Waals surface area (Å²) < 4.78 is 0. The Labute approximate surface area is 84.4 Å². The molecule has 2 heteroatoms. The Hall–Kier alpha value is -0.340. The van der Waals surface area contributed by atoms with Crippen LogP contribution in [0.3, 0.4) is 0 Å². The van der Waals surface area contributed by atoms with Crippen LogP contribution in [0, 0.1) is 0 Å². The third-order valence-corrected chi connectivity index (χ3v) is 3.78. The van der Waals surface area contributed by atoms with Crippen molar-refractivity contribution in [2.45, 2.75) is 39.3 Å². The van der Waals surface area contributed by atoms with Crippen molar-refractivity contribution >= 4 is 11.3 Å². The normalized spacial score (nSPS) is 18.7. The zero-order valence-electron chi connectivity index (χ0n) is 8.63. The van der Waals surface area contributed by atoms with Crippen molar-refractivity contribution in [1.29, 1.82) is 0 Å². The number of hydrogen-bond acceptors (Lipinski definition) is 2. The lowest BCUT2D eigenvalue weighted by molar-refractivity contribution is 0.122. The first kappa shape index (κ1) is 9.22. The lowest BCUT2D eigenvalue weighted by Crippen LogP contribution is -2.43. The van der Waals surface area contributed by atoms with Crippen LogP contribution < -0.4 is 0 Å². The SMILES string of the molecule is CC(C)(C)N1CCc2sccc2C1. The number of fused-ring (bicyclic) bond motifs is 1. The van der Waals surface area contributed by atoms with Crippen molar-refractivity contribution in [3.8, 4) is 0 Å². The van der Waals surface area contributed by atoms with Crippen LogP contribution in [-0.2, 0) is 13.0 Å². The molecule has 1 aromatic rings. The Morgan fingerprint density at radius 1 is 1.38 bits per heavy atom. The minimum Gasteiger partial charge on any atom is -0.294 e. The molecule has 0 amide bonds. The summed E-state index contributed by atoms with van der Waals surface area (Å²) in [4.78, 5) is 4.16. The zero-order valence-corrected chi connectivity index (χ0v) is 9.45. The van der Waals surface area contributed by atoms with Crippen LogP contribution >= 0.6 is 11.3 Å². The first-order valence-electron chi connectivity index (χ1n) is 4.88. The highest BCUT2D eigenvalue weighted by molar-refractivity contribution is 7.10. The van der Waals surface area contributed by atoms with Crippen LogP contribution in [0.2, 0.25) is 0 Å². The van der Waals surface area contributed by atoms with E-state index >= 15 is 0 Å². The van der Waals surface area contributed by atoms with Gasteiger partial charge < -0.3 is 0 Å². The molecule has 0 saturated heterocycles. The average molecular weight is 195 g/mol. The summed E-state index contributed by atoms with van der Waals surface area (Å²) in [5.41, 5.74) is 1.87. The second-order valence-electron chi connectivity index (χ2n) is 4.71. The summed E-state index contributed by atoms with van der Waals surface area (Å²) in [6.45, 7) is 9.25. The minimum absolute atomic E-state index is 0.319. The molecule has 0 radical (unpaired) electrons. The summed E-state index contributed by atoms with van der Waals surface area (Å²) in [6.07, 6.45) is 1.24. The lowest BCUT2D eigenvalue weighted by atomic mass is 10.0. The molecule has 1 aliphatic heterocycles. The van der Waals surface area contributed by atoms with E-state index in [1.807, 2.05) is 11.3 Å². The van der Waals surface area contributed by atoms with Crippen LogP contribution in [0.15, 0.2) is 11.4 Å². The van der Waals surface area contributed by atoms with Gasteiger partial charge in [0, 0.05) is 23.5 Å². The number of nitrogens with zero attached hydrogens (tertiary/aromatic N) is 1. The zero-order chi connectivity index (χ0) is 9.47. The maximum atomic E-state index is 2.56. The molecular weight excluding hydrogens is 178 g/mol. The predicted molar refractivity (Wildman–Crippen MR) is 58.2 cm³/mol. The number of thiophene rings is 1. The molecule has 2 rings (SSSR count). The van der Waals surface area contributed by atoms with E-state index in [4.69, 9.17) is 0 Å². The fraction of sp³-hybridized carbons (Fsp3) is 0.636. The largest absolute Gasteiger partial charge is 0.294 e. The van der Waals surface area contributed by atoms with E-state index < -0.39 is 0 Å². The Morgan fingerprint density at radius 2 is 2.15 bits per heavy atom. The van der Waals surface area contributed by atoms with E-state index in [0.717, 1.165) is 6.54 Å². The fourth-order valence-corrected chi connectivity index (χ4v) is 2.71. The van der Waals surface area contributed by atoms with Gasteiger partial charge in [0.1, 0.15) is 0 Å². The summed E-state index contributed by atoms with van der Waals surface area (Å²) >= 11 is 1.91. The second kappa shape index (κ2) is 3.10. The van der Waals surface area contributed by atoms with Crippen LogP contribution in [-0.4, -0.2) is 17.0 Å². The molecule has 0 bridgehead atoms. The van der Waals surface area contributed by atoms with Crippen LogP contribution in [0.25, 0.3) is 0 Å². The van der Waals surface area contributed by atoms with Crippen molar-refractivity contribution in [2.75, 3.05) is 6.54 Å². The molecule has 0 spiro atoms. The highest BCUT2D eigenvalue weighted by atomic mass is 32.1. The molecule has 1 aliphatic rings. The molecule has 0 saturated carbocycles. The molecule has 0 unspecified atom stereocenters. The summed E-state index contributed by atoms with van der Waals surface area (Å²) in [5, 5.41) is 2.22. The van der Waals surface area contributed by atoms with Gasteiger partial charge in [0.25, 0.3) is 0 Å². The molecule has 1 nitrogen and oxygen atoms in total. The molecule has 0 fully saturated rings. The summed E-state index contributed by atoms with van der Waals surface area (Å²) in [6, 6.07) is 2.28. The van der Waals surface area contributed by atoms with Crippen molar-refractivity contribution < 1.29 is 0 Å². The lowest BCUT2D eigenvalue weighted by Gasteiger charge is -2.38. The quantitative estimate of drug-likeness (QED) is 0.615. The molecule has 0 atom stereocenters. The van der Waals surface area contributed by atoms with Crippen molar-refractivity contribution in [1.82, 2.24) is 4.90 Å². The molecular formula is C11H17NS. The van der Waals surface area contributed by atoms with E-state index in [1.165, 1.54) is 13.0 Å². The fourth-order valence-electron chi connectivity index (χ4n) is 1.82. The van der Waals surface area contributed by atoms with Gasteiger partial charge in [-0.25, -0.2) is 0 Å². The topological polar surface area (TPSA) is 3.24 Å². The first-order valence-corrected chi connectivity index (χ1v) is 5.75. The standard InChI is InChI=1S/C11H17NS/c1-11(2,3)12-6-4-10-9(8-12)5-7-13-10/h5,7H,4,6,8H2,1-3H3. The molecule has 2 heterocycles. The van der Waals surface area contributed by atoms with E-state index in [9.17, 15) is 0 Å². The Morgan fingerprint density at radius 3 is 2.85 bits per heavy atom. The van der Waals surface area contributed by atoms with E-state index in [-0.39, 0.29) is 0 Å². The van der Waals surface area contributed by atoms with E-state index in [2.05, 4.69) is 37.1 Å². The van der Waals surface area contributed by atoms with Crippen LogP contribution in [0.1, 0.15) is 31.2 Å². The van der Waals surface area contributed by atoms with Gasteiger partial charge >= 0.3 is 0 Å². The van der Waals surface area contributed by atoms with E-state index in [0.29, 0.717) is 5.54 Å². The monoisotopic (exact) mass is 195 g/mol. The molecule has 1 aromatic heterocycles. The third-order valence-electron chi connectivity index (χ3n) is 2.76.